The number of piperidine rings is 1. The van der Waals surface area contributed by atoms with Crippen LogP contribution in [0.15, 0.2) is 0 Å². The standard InChI is InChI=1S/C17H31N3O2/c1-13-7-4-8-14(2)19(13)12-6-10-18-17(22)15(3)20-11-5-9-16(20)21/h13-15H,4-12H2,1-3H3,(H,18,22). The summed E-state index contributed by atoms with van der Waals surface area (Å²) in [6.07, 6.45) is 6.33. The first-order valence-corrected chi connectivity index (χ1v) is 8.83. The summed E-state index contributed by atoms with van der Waals surface area (Å²) in [5, 5.41) is 2.99. The minimum Gasteiger partial charge on any atom is -0.354 e. The molecule has 0 saturated carbocycles. The number of carbonyl (C=O) groups is 2. The fourth-order valence-corrected chi connectivity index (χ4v) is 3.76. The van der Waals surface area contributed by atoms with Crippen molar-refractivity contribution < 1.29 is 9.59 Å². The third-order valence-electron chi connectivity index (χ3n) is 5.23. The summed E-state index contributed by atoms with van der Waals surface area (Å²) in [4.78, 5) is 28.1. The molecule has 0 spiro atoms. The lowest BCUT2D eigenvalue weighted by molar-refractivity contribution is -0.136. The van der Waals surface area contributed by atoms with Crippen molar-refractivity contribution in [3.63, 3.8) is 0 Å². The van der Waals surface area contributed by atoms with Crippen molar-refractivity contribution in [3.8, 4) is 0 Å². The van der Waals surface area contributed by atoms with Gasteiger partial charge in [-0.1, -0.05) is 6.42 Å². The number of carbonyl (C=O) groups excluding carboxylic acids is 2. The average Bonchev–Trinajstić information content (AvgIpc) is 2.91. The van der Waals surface area contributed by atoms with Gasteiger partial charge in [-0.05, 0) is 46.5 Å². The zero-order valence-electron chi connectivity index (χ0n) is 14.3. The predicted molar refractivity (Wildman–Crippen MR) is 87.5 cm³/mol. The minimum absolute atomic E-state index is 0.0185. The number of rotatable bonds is 6. The van der Waals surface area contributed by atoms with Crippen molar-refractivity contribution in [2.45, 2.75) is 77.4 Å². The van der Waals surface area contributed by atoms with Gasteiger partial charge in [0.2, 0.25) is 11.8 Å². The fraction of sp³-hybridized carbons (Fsp3) is 0.882. The molecule has 22 heavy (non-hydrogen) atoms. The zero-order valence-corrected chi connectivity index (χ0v) is 14.3. The van der Waals surface area contributed by atoms with Gasteiger partial charge >= 0.3 is 0 Å². The Balaban J connectivity index is 1.67. The van der Waals surface area contributed by atoms with E-state index >= 15 is 0 Å². The van der Waals surface area contributed by atoms with Gasteiger partial charge in [-0.15, -0.1) is 0 Å². The molecule has 0 aromatic rings. The van der Waals surface area contributed by atoms with E-state index < -0.39 is 0 Å². The molecule has 2 heterocycles. The van der Waals surface area contributed by atoms with E-state index in [9.17, 15) is 9.59 Å². The quantitative estimate of drug-likeness (QED) is 0.761. The smallest absolute Gasteiger partial charge is 0.242 e. The summed E-state index contributed by atoms with van der Waals surface area (Å²) >= 11 is 0. The van der Waals surface area contributed by atoms with Crippen LogP contribution in [0, 0.1) is 0 Å². The summed E-state index contributed by atoms with van der Waals surface area (Å²) in [5.41, 5.74) is 0. The Morgan fingerprint density at radius 2 is 1.95 bits per heavy atom. The Labute approximate surface area is 134 Å². The summed E-state index contributed by atoms with van der Waals surface area (Å²) in [6, 6.07) is 0.976. The topological polar surface area (TPSA) is 52.7 Å². The third-order valence-corrected chi connectivity index (χ3v) is 5.23. The molecule has 2 rings (SSSR count). The molecule has 2 aliphatic heterocycles. The van der Waals surface area contributed by atoms with Gasteiger partial charge in [-0.2, -0.15) is 0 Å². The Morgan fingerprint density at radius 1 is 1.27 bits per heavy atom. The first-order valence-electron chi connectivity index (χ1n) is 8.83. The van der Waals surface area contributed by atoms with E-state index in [1.54, 1.807) is 4.90 Å². The lowest BCUT2D eigenvalue weighted by Gasteiger charge is -2.39. The van der Waals surface area contributed by atoms with Crippen LogP contribution in [0.25, 0.3) is 0 Å². The molecule has 126 valence electrons. The Bertz CT molecular complexity index is 389. The molecule has 0 bridgehead atoms. The molecule has 1 N–H and O–H groups in total. The van der Waals surface area contributed by atoms with E-state index in [4.69, 9.17) is 0 Å². The minimum atomic E-state index is -0.331. The second-order valence-electron chi connectivity index (χ2n) is 6.88. The van der Waals surface area contributed by atoms with Crippen LogP contribution in [0.4, 0.5) is 0 Å². The van der Waals surface area contributed by atoms with Gasteiger partial charge in [0.1, 0.15) is 6.04 Å². The van der Waals surface area contributed by atoms with E-state index in [1.165, 1.54) is 19.3 Å². The van der Waals surface area contributed by atoms with Crippen LogP contribution in [0.1, 0.15) is 59.3 Å². The third kappa shape index (κ3) is 4.22. The van der Waals surface area contributed by atoms with E-state index in [2.05, 4.69) is 24.1 Å². The largest absolute Gasteiger partial charge is 0.354 e. The van der Waals surface area contributed by atoms with Gasteiger partial charge in [0.15, 0.2) is 0 Å². The summed E-state index contributed by atoms with van der Waals surface area (Å²) in [7, 11) is 0. The Hall–Kier alpha value is -1.10. The van der Waals surface area contributed by atoms with Crippen LogP contribution in [0.2, 0.25) is 0 Å². The maximum absolute atomic E-state index is 12.1. The van der Waals surface area contributed by atoms with Crippen LogP contribution in [0.5, 0.6) is 0 Å². The lowest BCUT2D eigenvalue weighted by Crippen LogP contribution is -2.47. The fourth-order valence-electron chi connectivity index (χ4n) is 3.76. The first kappa shape index (κ1) is 17.3. The Kier molecular flexibility index (Phi) is 6.24. The van der Waals surface area contributed by atoms with E-state index in [0.29, 0.717) is 25.0 Å². The van der Waals surface area contributed by atoms with Crippen molar-refractivity contribution in [1.29, 1.82) is 0 Å². The normalized spacial score (nSPS) is 28.0. The number of amides is 2. The molecule has 0 aromatic heterocycles. The molecule has 2 amide bonds. The zero-order chi connectivity index (χ0) is 16.1. The molecule has 5 nitrogen and oxygen atoms in total. The van der Waals surface area contributed by atoms with Crippen molar-refractivity contribution in [1.82, 2.24) is 15.1 Å². The summed E-state index contributed by atoms with van der Waals surface area (Å²) in [6.45, 7) is 8.88. The highest BCUT2D eigenvalue weighted by Crippen LogP contribution is 2.22. The SMILES string of the molecule is CC(C(=O)NCCCN1C(C)CCCC1C)N1CCCC1=O. The molecular formula is C17H31N3O2. The number of nitrogens with one attached hydrogen (secondary N) is 1. The molecular weight excluding hydrogens is 278 g/mol. The van der Waals surface area contributed by atoms with Crippen molar-refractivity contribution in [2.75, 3.05) is 19.6 Å². The molecule has 0 aliphatic carbocycles. The maximum Gasteiger partial charge on any atom is 0.242 e. The predicted octanol–water partition coefficient (Wildman–Crippen LogP) is 1.77. The molecule has 2 fully saturated rings. The van der Waals surface area contributed by atoms with Crippen LogP contribution in [0.3, 0.4) is 0 Å². The maximum atomic E-state index is 12.1. The molecule has 2 saturated heterocycles. The van der Waals surface area contributed by atoms with E-state index in [-0.39, 0.29) is 17.9 Å². The van der Waals surface area contributed by atoms with Crippen LogP contribution in [-0.4, -0.2) is 59.4 Å². The molecule has 3 atom stereocenters. The molecule has 2 aliphatic rings. The van der Waals surface area contributed by atoms with Crippen molar-refractivity contribution in [3.05, 3.63) is 0 Å². The van der Waals surface area contributed by atoms with Gasteiger partial charge in [0, 0.05) is 38.1 Å². The first-order chi connectivity index (χ1) is 10.5. The molecule has 0 radical (unpaired) electrons. The second kappa shape index (κ2) is 7.95. The highest BCUT2D eigenvalue weighted by molar-refractivity contribution is 5.88. The summed E-state index contributed by atoms with van der Waals surface area (Å²) < 4.78 is 0. The second-order valence-corrected chi connectivity index (χ2v) is 6.88. The Morgan fingerprint density at radius 3 is 2.55 bits per heavy atom. The highest BCUT2D eigenvalue weighted by Gasteiger charge is 2.29. The van der Waals surface area contributed by atoms with Crippen molar-refractivity contribution in [2.24, 2.45) is 0 Å². The monoisotopic (exact) mass is 309 g/mol. The van der Waals surface area contributed by atoms with Gasteiger partial charge in [0.05, 0.1) is 0 Å². The molecule has 0 aromatic carbocycles. The number of hydrogen-bond donors (Lipinski definition) is 1. The number of hydrogen-bond acceptors (Lipinski definition) is 3. The van der Waals surface area contributed by atoms with E-state index in [0.717, 1.165) is 25.9 Å². The summed E-state index contributed by atoms with van der Waals surface area (Å²) in [5.74, 6) is 0.0913. The lowest BCUT2D eigenvalue weighted by atomic mass is 9.97. The van der Waals surface area contributed by atoms with Gasteiger partial charge in [-0.25, -0.2) is 0 Å². The van der Waals surface area contributed by atoms with E-state index in [1.807, 2.05) is 6.92 Å². The molecule has 5 heteroatoms. The number of likely N-dealkylation sites (tertiary alicyclic amines) is 2. The van der Waals surface area contributed by atoms with Gasteiger partial charge in [0.25, 0.3) is 0 Å². The van der Waals surface area contributed by atoms with Gasteiger partial charge < -0.3 is 10.2 Å². The van der Waals surface area contributed by atoms with Crippen LogP contribution < -0.4 is 5.32 Å². The highest BCUT2D eigenvalue weighted by atomic mass is 16.2. The average molecular weight is 309 g/mol. The van der Waals surface area contributed by atoms with Crippen molar-refractivity contribution >= 4 is 11.8 Å². The van der Waals surface area contributed by atoms with Crippen LogP contribution >= 0.6 is 0 Å². The van der Waals surface area contributed by atoms with Gasteiger partial charge in [-0.3, -0.25) is 14.5 Å². The number of nitrogens with zero attached hydrogens (tertiary/aromatic N) is 2. The van der Waals surface area contributed by atoms with Crippen LogP contribution in [-0.2, 0) is 9.59 Å². The molecule has 3 unspecified atom stereocenters.